The van der Waals surface area contributed by atoms with Crippen LogP contribution in [0.25, 0.3) is 0 Å². The molecule has 1 heterocycles. The first-order valence-corrected chi connectivity index (χ1v) is 6.07. The van der Waals surface area contributed by atoms with E-state index in [4.69, 9.17) is 9.47 Å². The third-order valence-electron chi connectivity index (χ3n) is 2.80. The molecule has 2 rings (SSSR count). The maximum absolute atomic E-state index is 11.1. The lowest BCUT2D eigenvalue weighted by Crippen LogP contribution is -2.02. The Bertz CT molecular complexity index is 675. The minimum Gasteiger partial charge on any atom is -0.489 e. The summed E-state index contributed by atoms with van der Waals surface area (Å²) < 4.78 is 10.8. The van der Waals surface area contributed by atoms with Gasteiger partial charge in [-0.25, -0.2) is 4.98 Å². The van der Waals surface area contributed by atoms with Crippen LogP contribution in [0, 0.1) is 17.0 Å². The molecule has 1 aromatic carbocycles. The molecule has 0 atom stereocenters. The molecule has 8 nitrogen and oxygen atoms in total. The molecule has 8 heteroatoms. The number of nitro benzene ring substituents is 1. The summed E-state index contributed by atoms with van der Waals surface area (Å²) in [5, 5.41) is 13.9. The second kappa shape index (κ2) is 6.04. The number of nitro groups is 1. The molecular formula is C13H14N4O4. The highest BCUT2D eigenvalue weighted by Gasteiger charge is 2.21. The number of aromatic nitrogens is 2. The van der Waals surface area contributed by atoms with Crippen molar-refractivity contribution >= 4 is 11.5 Å². The van der Waals surface area contributed by atoms with Crippen LogP contribution in [0.5, 0.6) is 17.4 Å². The van der Waals surface area contributed by atoms with E-state index in [-0.39, 0.29) is 23.1 Å². The van der Waals surface area contributed by atoms with Gasteiger partial charge in [0.15, 0.2) is 5.82 Å². The van der Waals surface area contributed by atoms with E-state index >= 15 is 0 Å². The van der Waals surface area contributed by atoms with Gasteiger partial charge in [0.05, 0.1) is 12.0 Å². The van der Waals surface area contributed by atoms with E-state index in [0.717, 1.165) is 0 Å². The van der Waals surface area contributed by atoms with Gasteiger partial charge in [-0.3, -0.25) is 10.1 Å². The first-order chi connectivity index (χ1) is 10.1. The van der Waals surface area contributed by atoms with Crippen molar-refractivity contribution in [1.29, 1.82) is 0 Å². The summed E-state index contributed by atoms with van der Waals surface area (Å²) >= 11 is 0. The Balaban J connectivity index is 2.51. The lowest BCUT2D eigenvalue weighted by Gasteiger charge is -2.12. The summed E-state index contributed by atoms with van der Waals surface area (Å²) in [6, 6.07) is 4.68. The molecule has 0 spiro atoms. The van der Waals surface area contributed by atoms with E-state index < -0.39 is 4.92 Å². The highest BCUT2D eigenvalue weighted by atomic mass is 16.6. The number of rotatable bonds is 5. The van der Waals surface area contributed by atoms with E-state index in [2.05, 4.69) is 15.3 Å². The Labute approximate surface area is 120 Å². The summed E-state index contributed by atoms with van der Waals surface area (Å²) in [5.74, 6) is 0.937. The Morgan fingerprint density at radius 3 is 2.67 bits per heavy atom. The van der Waals surface area contributed by atoms with Crippen molar-refractivity contribution in [2.75, 3.05) is 19.5 Å². The van der Waals surface area contributed by atoms with Crippen LogP contribution in [0.1, 0.15) is 5.56 Å². The fourth-order valence-corrected chi connectivity index (χ4v) is 1.80. The molecular weight excluding hydrogens is 276 g/mol. The number of hydrogen-bond acceptors (Lipinski definition) is 7. The Hall–Kier alpha value is -2.90. The maximum atomic E-state index is 11.1. The molecule has 0 aliphatic rings. The fraction of sp³-hybridized carbons (Fsp3) is 0.231. The Kier molecular flexibility index (Phi) is 4.17. The predicted molar refractivity (Wildman–Crippen MR) is 76.0 cm³/mol. The predicted octanol–water partition coefficient (Wildman–Crippen LogP) is 2.54. The summed E-state index contributed by atoms with van der Waals surface area (Å²) in [5.41, 5.74) is 0.484. The number of benzene rings is 1. The first-order valence-electron chi connectivity index (χ1n) is 6.07. The van der Waals surface area contributed by atoms with E-state index in [0.29, 0.717) is 11.4 Å². The Morgan fingerprint density at radius 2 is 2.05 bits per heavy atom. The summed E-state index contributed by atoms with van der Waals surface area (Å²) in [6.45, 7) is 1.72. The normalized spacial score (nSPS) is 10.0. The van der Waals surface area contributed by atoms with Crippen molar-refractivity contribution in [3.8, 4) is 17.4 Å². The molecule has 2 aromatic rings. The smallest absolute Gasteiger partial charge is 0.311 e. The van der Waals surface area contributed by atoms with Crippen LogP contribution < -0.4 is 14.8 Å². The zero-order chi connectivity index (χ0) is 15.4. The molecule has 0 aliphatic carbocycles. The van der Waals surface area contributed by atoms with Crippen molar-refractivity contribution in [1.82, 2.24) is 9.97 Å². The van der Waals surface area contributed by atoms with Gasteiger partial charge in [0.2, 0.25) is 11.5 Å². The molecule has 0 amide bonds. The minimum atomic E-state index is -0.505. The van der Waals surface area contributed by atoms with Crippen molar-refractivity contribution in [3.05, 3.63) is 40.2 Å². The number of para-hydroxylation sites is 1. The fourth-order valence-electron chi connectivity index (χ4n) is 1.80. The molecule has 0 saturated carbocycles. The van der Waals surface area contributed by atoms with Gasteiger partial charge in [0, 0.05) is 13.1 Å². The number of nitrogens with zero attached hydrogens (tertiary/aromatic N) is 3. The van der Waals surface area contributed by atoms with Crippen LogP contribution in [0.2, 0.25) is 0 Å². The molecule has 1 N–H and O–H groups in total. The number of ether oxygens (including phenoxy) is 2. The lowest BCUT2D eigenvalue weighted by molar-refractivity contribution is -0.385. The van der Waals surface area contributed by atoms with Gasteiger partial charge >= 0.3 is 5.69 Å². The van der Waals surface area contributed by atoms with Gasteiger partial charge in [-0.05, 0) is 12.5 Å². The Morgan fingerprint density at radius 1 is 1.29 bits per heavy atom. The van der Waals surface area contributed by atoms with Gasteiger partial charge < -0.3 is 14.8 Å². The SMILES string of the molecule is CNc1ncnc(Oc2c(C)cccc2[N+](=O)[O-])c1OC. The van der Waals surface area contributed by atoms with Crippen LogP contribution in [0.4, 0.5) is 11.5 Å². The van der Waals surface area contributed by atoms with Crippen molar-refractivity contribution in [2.24, 2.45) is 0 Å². The van der Waals surface area contributed by atoms with Crippen LogP contribution in [-0.4, -0.2) is 29.0 Å². The van der Waals surface area contributed by atoms with Crippen molar-refractivity contribution in [3.63, 3.8) is 0 Å². The molecule has 0 fully saturated rings. The summed E-state index contributed by atoms with van der Waals surface area (Å²) in [7, 11) is 3.11. The number of aryl methyl sites for hydroxylation is 1. The molecule has 0 aliphatic heterocycles. The number of hydrogen-bond donors (Lipinski definition) is 1. The van der Waals surface area contributed by atoms with Crippen LogP contribution in [0.15, 0.2) is 24.5 Å². The van der Waals surface area contributed by atoms with E-state index in [9.17, 15) is 10.1 Å². The maximum Gasteiger partial charge on any atom is 0.311 e. The third-order valence-corrected chi connectivity index (χ3v) is 2.80. The average Bonchev–Trinajstić information content (AvgIpc) is 2.48. The van der Waals surface area contributed by atoms with E-state index in [1.807, 2.05) is 0 Å². The molecule has 0 radical (unpaired) electrons. The second-order valence-corrected chi connectivity index (χ2v) is 4.09. The quantitative estimate of drug-likeness (QED) is 0.667. The highest BCUT2D eigenvalue weighted by Crippen LogP contribution is 2.39. The standard InChI is InChI=1S/C13H14N4O4/c1-8-5-4-6-9(17(18)19)10(8)21-13-11(20-3)12(14-2)15-7-16-13/h4-7H,1-3H3,(H,14,15,16). The monoisotopic (exact) mass is 290 g/mol. The molecule has 0 unspecified atom stereocenters. The average molecular weight is 290 g/mol. The van der Waals surface area contributed by atoms with Crippen LogP contribution in [-0.2, 0) is 0 Å². The molecule has 1 aromatic heterocycles. The molecule has 110 valence electrons. The lowest BCUT2D eigenvalue weighted by atomic mass is 10.2. The topological polar surface area (TPSA) is 99.4 Å². The van der Waals surface area contributed by atoms with Gasteiger partial charge in [0.1, 0.15) is 6.33 Å². The van der Waals surface area contributed by atoms with Gasteiger partial charge in [-0.1, -0.05) is 12.1 Å². The highest BCUT2D eigenvalue weighted by molar-refractivity contribution is 5.58. The van der Waals surface area contributed by atoms with E-state index in [1.165, 1.54) is 19.5 Å². The molecule has 0 bridgehead atoms. The number of anilines is 1. The third kappa shape index (κ3) is 2.83. The van der Waals surface area contributed by atoms with E-state index in [1.54, 1.807) is 26.1 Å². The van der Waals surface area contributed by atoms with Crippen molar-refractivity contribution in [2.45, 2.75) is 6.92 Å². The van der Waals surface area contributed by atoms with Gasteiger partial charge in [-0.15, -0.1) is 0 Å². The zero-order valence-corrected chi connectivity index (χ0v) is 11.8. The minimum absolute atomic E-state index is 0.106. The van der Waals surface area contributed by atoms with Gasteiger partial charge in [-0.2, -0.15) is 4.98 Å². The van der Waals surface area contributed by atoms with Crippen molar-refractivity contribution < 1.29 is 14.4 Å². The van der Waals surface area contributed by atoms with Crippen LogP contribution in [0.3, 0.4) is 0 Å². The summed E-state index contributed by atoms with van der Waals surface area (Å²) in [4.78, 5) is 18.5. The number of nitrogens with one attached hydrogen (secondary N) is 1. The zero-order valence-electron chi connectivity index (χ0n) is 11.8. The van der Waals surface area contributed by atoms with Crippen LogP contribution >= 0.6 is 0 Å². The number of methoxy groups -OCH3 is 1. The second-order valence-electron chi connectivity index (χ2n) is 4.09. The first kappa shape index (κ1) is 14.5. The summed E-state index contributed by atoms with van der Waals surface area (Å²) in [6.07, 6.45) is 1.29. The largest absolute Gasteiger partial charge is 0.489 e. The molecule has 0 saturated heterocycles. The molecule has 21 heavy (non-hydrogen) atoms. The van der Waals surface area contributed by atoms with Gasteiger partial charge in [0.25, 0.3) is 5.88 Å².